The van der Waals surface area contributed by atoms with Crippen molar-refractivity contribution >= 4 is 45.3 Å². The average Bonchev–Trinajstić information content (AvgIpc) is 3.13. The second kappa shape index (κ2) is 6.11. The van der Waals surface area contributed by atoms with Gasteiger partial charge in [0.15, 0.2) is 5.58 Å². The van der Waals surface area contributed by atoms with Crippen LogP contribution in [0.2, 0.25) is 0 Å². The number of fused-ring (bicyclic) bond motifs is 2. The fourth-order valence-electron chi connectivity index (χ4n) is 3.59. The second-order valence-electron chi connectivity index (χ2n) is 6.22. The zero-order chi connectivity index (χ0) is 16.7. The van der Waals surface area contributed by atoms with E-state index in [0.29, 0.717) is 0 Å². The molecule has 0 N–H and O–H groups in total. The van der Waals surface area contributed by atoms with Gasteiger partial charge in [-0.1, -0.05) is 59.8 Å². The van der Waals surface area contributed by atoms with E-state index in [1.807, 2.05) is 35.7 Å². The summed E-state index contributed by atoms with van der Waals surface area (Å²) < 4.78 is 5.47. The van der Waals surface area contributed by atoms with Crippen LogP contribution in [-0.4, -0.2) is 16.7 Å². The molecule has 124 valence electrons. The molecule has 1 aromatic heterocycles. The third-order valence-electron chi connectivity index (χ3n) is 4.73. The van der Waals surface area contributed by atoms with Gasteiger partial charge in [-0.25, -0.2) is 0 Å². The molecule has 2 heterocycles. The van der Waals surface area contributed by atoms with Crippen molar-refractivity contribution < 1.29 is 4.52 Å². The van der Waals surface area contributed by atoms with Gasteiger partial charge in [-0.05, 0) is 46.4 Å². The summed E-state index contributed by atoms with van der Waals surface area (Å²) in [6.45, 7) is 0. The molecule has 0 amide bonds. The fraction of sp³-hybridized carbons (Fsp3) is 0.190. The van der Waals surface area contributed by atoms with E-state index in [1.54, 1.807) is 0 Å². The lowest BCUT2D eigenvalue weighted by atomic mass is 9.98. The van der Waals surface area contributed by atoms with Crippen molar-refractivity contribution in [1.29, 1.82) is 0 Å². The third kappa shape index (κ3) is 2.39. The normalized spacial score (nSPS) is 17.1. The van der Waals surface area contributed by atoms with E-state index in [4.69, 9.17) is 4.52 Å². The fourth-order valence-corrected chi connectivity index (χ4v) is 6.99. The number of para-hydroxylation sites is 1. The zero-order valence-electron chi connectivity index (χ0n) is 13.6. The van der Waals surface area contributed by atoms with Gasteiger partial charge >= 0.3 is 0 Å². The Kier molecular flexibility index (Phi) is 3.75. The van der Waals surface area contributed by atoms with Crippen molar-refractivity contribution in [2.45, 2.75) is 10.5 Å². The van der Waals surface area contributed by atoms with E-state index in [1.165, 1.54) is 22.8 Å². The molecule has 2 nitrogen and oxygen atoms in total. The molecule has 0 saturated carbocycles. The molecule has 5 rings (SSSR count). The number of thioether (sulfide) groups is 2. The number of benzene rings is 3. The van der Waals surface area contributed by atoms with Crippen LogP contribution in [-0.2, 0) is 4.08 Å². The highest BCUT2D eigenvalue weighted by Crippen LogP contribution is 2.57. The summed E-state index contributed by atoms with van der Waals surface area (Å²) in [5, 5.41) is 8.26. The second-order valence-corrected chi connectivity index (χ2v) is 9.10. The van der Waals surface area contributed by atoms with Crippen molar-refractivity contribution in [1.82, 2.24) is 5.16 Å². The SMILES string of the molecule is c1ccc2c(C3(c4noc5ccccc45)SCCCS3)cccc2c1. The summed E-state index contributed by atoms with van der Waals surface area (Å²) in [5.41, 5.74) is 3.25. The van der Waals surface area contributed by atoms with Gasteiger partial charge in [0.1, 0.15) is 9.77 Å². The largest absolute Gasteiger partial charge is 0.356 e. The predicted molar refractivity (Wildman–Crippen MR) is 108 cm³/mol. The molecule has 0 radical (unpaired) electrons. The predicted octanol–water partition coefficient (Wildman–Crippen LogP) is 6.05. The Balaban J connectivity index is 1.83. The van der Waals surface area contributed by atoms with Crippen LogP contribution in [0.3, 0.4) is 0 Å². The maximum Gasteiger partial charge on any atom is 0.167 e. The number of rotatable bonds is 2. The van der Waals surface area contributed by atoms with E-state index in [9.17, 15) is 0 Å². The lowest BCUT2D eigenvalue weighted by Crippen LogP contribution is -2.25. The van der Waals surface area contributed by atoms with Gasteiger partial charge in [0.25, 0.3) is 0 Å². The molecule has 1 aliphatic rings. The molecule has 0 unspecified atom stereocenters. The third-order valence-corrected chi connectivity index (χ3v) is 8.07. The minimum Gasteiger partial charge on any atom is -0.356 e. The number of aromatic nitrogens is 1. The summed E-state index contributed by atoms with van der Waals surface area (Å²) in [4.78, 5) is 0. The lowest BCUT2D eigenvalue weighted by molar-refractivity contribution is 0.446. The summed E-state index contributed by atoms with van der Waals surface area (Å²) in [5.74, 6) is 2.27. The highest BCUT2D eigenvalue weighted by Gasteiger charge is 2.42. The first-order chi connectivity index (χ1) is 12.4. The van der Waals surface area contributed by atoms with E-state index < -0.39 is 0 Å². The Labute approximate surface area is 155 Å². The smallest absolute Gasteiger partial charge is 0.167 e. The number of hydrogen-bond acceptors (Lipinski definition) is 4. The van der Waals surface area contributed by atoms with Crippen LogP contribution >= 0.6 is 23.5 Å². The van der Waals surface area contributed by atoms with E-state index in [2.05, 4.69) is 59.8 Å². The van der Waals surface area contributed by atoms with Crippen LogP contribution in [0.5, 0.6) is 0 Å². The Bertz CT molecular complexity index is 1040. The zero-order valence-corrected chi connectivity index (χ0v) is 15.3. The van der Waals surface area contributed by atoms with Gasteiger partial charge in [-0.15, -0.1) is 23.5 Å². The summed E-state index contributed by atoms with van der Waals surface area (Å²) in [6, 6.07) is 23.5. The maximum atomic E-state index is 5.68. The Morgan fingerprint density at radius 2 is 1.52 bits per heavy atom. The molecule has 1 fully saturated rings. The molecular weight excluding hydrogens is 346 g/mol. The average molecular weight is 364 g/mol. The maximum absolute atomic E-state index is 5.68. The summed E-state index contributed by atoms with van der Waals surface area (Å²) in [7, 11) is 0. The van der Waals surface area contributed by atoms with Crippen LogP contribution < -0.4 is 0 Å². The molecule has 25 heavy (non-hydrogen) atoms. The molecule has 3 aromatic carbocycles. The van der Waals surface area contributed by atoms with Crippen molar-refractivity contribution in [2.75, 3.05) is 11.5 Å². The monoisotopic (exact) mass is 363 g/mol. The minimum atomic E-state index is -0.217. The summed E-state index contributed by atoms with van der Waals surface area (Å²) >= 11 is 3.98. The quantitative estimate of drug-likeness (QED) is 0.433. The van der Waals surface area contributed by atoms with Crippen molar-refractivity contribution in [2.24, 2.45) is 0 Å². The van der Waals surface area contributed by atoms with Crippen LogP contribution in [0.15, 0.2) is 71.3 Å². The highest BCUT2D eigenvalue weighted by atomic mass is 32.2. The first kappa shape index (κ1) is 15.4. The Morgan fingerprint density at radius 3 is 2.40 bits per heavy atom. The minimum absolute atomic E-state index is 0.217. The summed E-state index contributed by atoms with van der Waals surface area (Å²) in [6.07, 6.45) is 1.23. The van der Waals surface area contributed by atoms with E-state index >= 15 is 0 Å². The highest BCUT2D eigenvalue weighted by molar-refractivity contribution is 8.18. The number of hydrogen-bond donors (Lipinski definition) is 0. The first-order valence-corrected chi connectivity index (χ1v) is 10.5. The standard InChI is InChI=1S/C21H17NOS2/c1-2-9-16-15(7-1)8-5-11-18(16)21(24-13-6-14-25-21)20-17-10-3-4-12-19(17)23-22-20/h1-5,7-12H,6,13-14H2. The van der Waals surface area contributed by atoms with E-state index in [-0.39, 0.29) is 4.08 Å². The van der Waals surface area contributed by atoms with Crippen molar-refractivity contribution in [3.8, 4) is 0 Å². The molecule has 1 aliphatic heterocycles. The van der Waals surface area contributed by atoms with Gasteiger partial charge in [0.05, 0.1) is 0 Å². The molecule has 0 atom stereocenters. The van der Waals surface area contributed by atoms with Gasteiger partial charge in [-0.2, -0.15) is 0 Å². The van der Waals surface area contributed by atoms with Gasteiger partial charge in [0.2, 0.25) is 0 Å². The molecule has 0 spiro atoms. The molecule has 1 saturated heterocycles. The van der Waals surface area contributed by atoms with Gasteiger partial charge < -0.3 is 4.52 Å². The van der Waals surface area contributed by atoms with Crippen LogP contribution in [0.25, 0.3) is 21.7 Å². The van der Waals surface area contributed by atoms with Crippen LogP contribution in [0.4, 0.5) is 0 Å². The molecule has 0 bridgehead atoms. The topological polar surface area (TPSA) is 26.0 Å². The van der Waals surface area contributed by atoms with Gasteiger partial charge in [-0.3, -0.25) is 0 Å². The van der Waals surface area contributed by atoms with Crippen molar-refractivity contribution in [3.05, 3.63) is 78.0 Å². The molecule has 4 aromatic rings. The first-order valence-electron chi connectivity index (χ1n) is 8.49. The van der Waals surface area contributed by atoms with Gasteiger partial charge in [0, 0.05) is 5.39 Å². The Hall–Kier alpha value is -1.91. The van der Waals surface area contributed by atoms with E-state index in [0.717, 1.165) is 28.2 Å². The van der Waals surface area contributed by atoms with Crippen LogP contribution in [0, 0.1) is 0 Å². The van der Waals surface area contributed by atoms with Crippen molar-refractivity contribution in [3.63, 3.8) is 0 Å². The molecule has 4 heteroatoms. The molecular formula is C21H17NOS2. The van der Waals surface area contributed by atoms with Crippen LogP contribution in [0.1, 0.15) is 17.7 Å². The Morgan fingerprint density at radius 1 is 0.800 bits per heavy atom. The number of nitrogens with zero attached hydrogens (tertiary/aromatic N) is 1. The lowest BCUT2D eigenvalue weighted by Gasteiger charge is -2.35. The molecule has 0 aliphatic carbocycles.